The summed E-state index contributed by atoms with van der Waals surface area (Å²) in [5.41, 5.74) is 1.72. The van der Waals surface area contributed by atoms with Crippen molar-refractivity contribution in [1.82, 2.24) is 0 Å². The molecule has 0 bridgehead atoms. The van der Waals surface area contributed by atoms with Gasteiger partial charge in [0.2, 0.25) is 0 Å². The lowest BCUT2D eigenvalue weighted by molar-refractivity contribution is 0.0526. The van der Waals surface area contributed by atoms with Crippen LogP contribution >= 0.6 is 0 Å². The first-order valence-corrected chi connectivity index (χ1v) is 5.41. The maximum Gasteiger partial charge on any atom is 0.338 e. The van der Waals surface area contributed by atoms with Gasteiger partial charge in [0.15, 0.2) is 0 Å². The average Bonchev–Trinajstić information content (AvgIpc) is 2.30. The van der Waals surface area contributed by atoms with Crippen LogP contribution in [-0.4, -0.2) is 12.6 Å². The van der Waals surface area contributed by atoms with Gasteiger partial charge in [0.05, 0.1) is 18.2 Å². The Bertz CT molecular complexity index is 376. The molecule has 3 nitrogen and oxygen atoms in total. The van der Waals surface area contributed by atoms with Crippen LogP contribution in [0, 0.1) is 11.3 Å². The van der Waals surface area contributed by atoms with Crippen LogP contribution in [0.15, 0.2) is 24.3 Å². The molecule has 3 heteroatoms. The smallest absolute Gasteiger partial charge is 0.338 e. The van der Waals surface area contributed by atoms with Crippen LogP contribution in [0.1, 0.15) is 35.7 Å². The van der Waals surface area contributed by atoms with E-state index in [0.29, 0.717) is 18.6 Å². The molecule has 0 atom stereocenters. The number of carbonyl (C=O) groups is 1. The molecule has 0 N–H and O–H groups in total. The molecule has 0 radical (unpaired) electrons. The number of unbranched alkanes of at least 4 members (excludes halogenated alkanes) is 1. The lowest BCUT2D eigenvalue weighted by Gasteiger charge is -2.03. The molecular weight excluding hydrogens is 202 g/mol. The lowest BCUT2D eigenvalue weighted by Crippen LogP contribution is -2.04. The van der Waals surface area contributed by atoms with Crippen LogP contribution in [0.4, 0.5) is 0 Å². The van der Waals surface area contributed by atoms with E-state index in [4.69, 9.17) is 10.00 Å². The summed E-state index contributed by atoms with van der Waals surface area (Å²) in [7, 11) is 0. The topological polar surface area (TPSA) is 50.1 Å². The van der Waals surface area contributed by atoms with E-state index in [9.17, 15) is 4.79 Å². The molecule has 0 aliphatic carbocycles. The summed E-state index contributed by atoms with van der Waals surface area (Å²) in [6, 6.07) is 9.45. The minimum absolute atomic E-state index is 0.286. The highest BCUT2D eigenvalue weighted by atomic mass is 16.5. The van der Waals surface area contributed by atoms with Crippen LogP contribution in [-0.2, 0) is 11.2 Å². The van der Waals surface area contributed by atoms with Gasteiger partial charge in [0, 0.05) is 6.42 Å². The molecule has 0 aliphatic rings. The second-order valence-electron chi connectivity index (χ2n) is 3.43. The van der Waals surface area contributed by atoms with Crippen LogP contribution < -0.4 is 0 Å². The molecule has 0 saturated carbocycles. The first-order valence-electron chi connectivity index (χ1n) is 5.41. The van der Waals surface area contributed by atoms with Crippen molar-refractivity contribution >= 4 is 5.97 Å². The number of aryl methyl sites for hydroxylation is 1. The molecule has 16 heavy (non-hydrogen) atoms. The van der Waals surface area contributed by atoms with Gasteiger partial charge in [-0.1, -0.05) is 12.1 Å². The Morgan fingerprint density at radius 1 is 1.38 bits per heavy atom. The number of hydrogen-bond acceptors (Lipinski definition) is 3. The number of nitriles is 1. The van der Waals surface area contributed by atoms with Crippen molar-refractivity contribution in [3.05, 3.63) is 35.4 Å². The zero-order chi connectivity index (χ0) is 11.8. The van der Waals surface area contributed by atoms with E-state index in [2.05, 4.69) is 6.07 Å². The summed E-state index contributed by atoms with van der Waals surface area (Å²) in [6.45, 7) is 2.18. The van der Waals surface area contributed by atoms with Gasteiger partial charge in [0.1, 0.15) is 0 Å². The Kier molecular flexibility index (Phi) is 5.07. The molecule has 0 aromatic heterocycles. The second kappa shape index (κ2) is 6.62. The largest absolute Gasteiger partial charge is 0.462 e. The van der Waals surface area contributed by atoms with Crippen LogP contribution in [0.5, 0.6) is 0 Å². The van der Waals surface area contributed by atoms with Crippen LogP contribution in [0.3, 0.4) is 0 Å². The maximum absolute atomic E-state index is 11.4. The normalized spacial score (nSPS) is 9.50. The van der Waals surface area contributed by atoms with Crippen LogP contribution in [0.25, 0.3) is 0 Å². The van der Waals surface area contributed by atoms with E-state index in [1.54, 1.807) is 19.1 Å². The summed E-state index contributed by atoms with van der Waals surface area (Å²) in [5, 5.41) is 8.41. The SMILES string of the molecule is CCOC(=O)c1ccc(CCCC#N)cc1. The minimum atomic E-state index is -0.286. The highest BCUT2D eigenvalue weighted by Gasteiger charge is 2.05. The van der Waals surface area contributed by atoms with Crippen molar-refractivity contribution in [2.24, 2.45) is 0 Å². The summed E-state index contributed by atoms with van der Waals surface area (Å²) in [4.78, 5) is 11.4. The number of ether oxygens (including phenoxy) is 1. The zero-order valence-electron chi connectivity index (χ0n) is 9.40. The molecule has 1 aromatic carbocycles. The van der Waals surface area contributed by atoms with Gasteiger partial charge in [-0.15, -0.1) is 0 Å². The Labute approximate surface area is 95.7 Å². The molecule has 0 unspecified atom stereocenters. The van der Waals surface area contributed by atoms with Crippen molar-refractivity contribution in [2.75, 3.05) is 6.61 Å². The van der Waals surface area contributed by atoms with Gasteiger partial charge >= 0.3 is 5.97 Å². The van der Waals surface area contributed by atoms with E-state index in [-0.39, 0.29) is 5.97 Å². The van der Waals surface area contributed by atoms with Crippen molar-refractivity contribution in [3.63, 3.8) is 0 Å². The van der Waals surface area contributed by atoms with E-state index < -0.39 is 0 Å². The molecule has 0 fully saturated rings. The standard InChI is InChI=1S/C13H15NO2/c1-2-16-13(15)12-8-6-11(7-9-12)5-3-4-10-14/h6-9H,2-5H2,1H3. The minimum Gasteiger partial charge on any atom is -0.462 e. The summed E-state index contributed by atoms with van der Waals surface area (Å²) >= 11 is 0. The predicted molar refractivity (Wildman–Crippen MR) is 60.9 cm³/mol. The first-order chi connectivity index (χ1) is 7.77. The zero-order valence-corrected chi connectivity index (χ0v) is 9.40. The number of nitrogens with zero attached hydrogens (tertiary/aromatic N) is 1. The molecule has 1 aromatic rings. The van der Waals surface area contributed by atoms with E-state index in [0.717, 1.165) is 18.4 Å². The van der Waals surface area contributed by atoms with Crippen LogP contribution in [0.2, 0.25) is 0 Å². The van der Waals surface area contributed by atoms with Crippen molar-refractivity contribution in [1.29, 1.82) is 5.26 Å². The van der Waals surface area contributed by atoms with Gasteiger partial charge in [-0.05, 0) is 37.5 Å². The number of hydrogen-bond donors (Lipinski definition) is 0. The lowest BCUT2D eigenvalue weighted by atomic mass is 10.1. The fourth-order valence-electron chi connectivity index (χ4n) is 1.39. The van der Waals surface area contributed by atoms with Gasteiger partial charge in [0.25, 0.3) is 0 Å². The molecule has 0 saturated heterocycles. The van der Waals surface area contributed by atoms with E-state index in [1.165, 1.54) is 0 Å². The van der Waals surface area contributed by atoms with Gasteiger partial charge in [-0.2, -0.15) is 5.26 Å². The molecule has 0 spiro atoms. The second-order valence-corrected chi connectivity index (χ2v) is 3.43. The third-order valence-electron chi connectivity index (χ3n) is 2.22. The van der Waals surface area contributed by atoms with Crippen molar-refractivity contribution in [3.8, 4) is 6.07 Å². The maximum atomic E-state index is 11.4. The predicted octanol–water partition coefficient (Wildman–Crippen LogP) is 2.71. The fourth-order valence-corrected chi connectivity index (χ4v) is 1.39. The summed E-state index contributed by atoms with van der Waals surface area (Å²) < 4.78 is 4.88. The van der Waals surface area contributed by atoms with Gasteiger partial charge in [-0.25, -0.2) is 4.79 Å². The Hall–Kier alpha value is -1.82. The highest BCUT2D eigenvalue weighted by Crippen LogP contribution is 2.08. The number of rotatable bonds is 5. The van der Waals surface area contributed by atoms with E-state index in [1.807, 2.05) is 12.1 Å². The average molecular weight is 217 g/mol. The number of esters is 1. The number of benzene rings is 1. The van der Waals surface area contributed by atoms with Gasteiger partial charge < -0.3 is 4.74 Å². The molecular formula is C13H15NO2. The Balaban J connectivity index is 2.54. The van der Waals surface area contributed by atoms with Crippen molar-refractivity contribution in [2.45, 2.75) is 26.2 Å². The Morgan fingerprint density at radius 3 is 2.62 bits per heavy atom. The molecule has 0 heterocycles. The molecule has 1 rings (SSSR count). The van der Waals surface area contributed by atoms with Gasteiger partial charge in [-0.3, -0.25) is 0 Å². The monoisotopic (exact) mass is 217 g/mol. The quantitative estimate of drug-likeness (QED) is 0.562. The summed E-state index contributed by atoms with van der Waals surface area (Å²) in [6.07, 6.45) is 2.30. The van der Waals surface area contributed by atoms with E-state index >= 15 is 0 Å². The summed E-state index contributed by atoms with van der Waals surface area (Å²) in [5.74, 6) is -0.286. The fraction of sp³-hybridized carbons (Fsp3) is 0.385. The van der Waals surface area contributed by atoms with Crippen molar-refractivity contribution < 1.29 is 9.53 Å². The number of carbonyl (C=O) groups excluding carboxylic acids is 1. The highest BCUT2D eigenvalue weighted by molar-refractivity contribution is 5.89. The molecule has 0 aliphatic heterocycles. The molecule has 84 valence electrons. The first kappa shape index (κ1) is 12.3. The molecule has 0 amide bonds. The Morgan fingerprint density at radius 2 is 2.06 bits per heavy atom. The third-order valence-corrected chi connectivity index (χ3v) is 2.22. The third kappa shape index (κ3) is 3.74.